The van der Waals surface area contributed by atoms with Crippen LogP contribution in [0.2, 0.25) is 0 Å². The average molecular weight is 274 g/mol. The number of nitrogen functional groups attached to an aromatic ring is 2. The maximum Gasteiger partial charge on any atom is 0.154 e. The summed E-state index contributed by atoms with van der Waals surface area (Å²) in [6.45, 7) is 0. The fourth-order valence-corrected chi connectivity index (χ4v) is 3.17. The van der Waals surface area contributed by atoms with E-state index in [0.717, 1.165) is 21.3 Å². The van der Waals surface area contributed by atoms with Crippen molar-refractivity contribution in [3.8, 4) is 21.3 Å². The number of anilines is 2. The zero-order chi connectivity index (χ0) is 12.5. The highest BCUT2D eigenvalue weighted by Gasteiger charge is 2.13. The summed E-state index contributed by atoms with van der Waals surface area (Å²) in [5.74, 6) is 0. The normalized spacial score (nSPS) is 10.7. The van der Waals surface area contributed by atoms with Crippen molar-refractivity contribution in [3.05, 3.63) is 36.5 Å². The van der Waals surface area contributed by atoms with E-state index < -0.39 is 0 Å². The van der Waals surface area contributed by atoms with E-state index in [9.17, 15) is 0 Å². The van der Waals surface area contributed by atoms with Crippen LogP contribution in [0.25, 0.3) is 21.3 Å². The third kappa shape index (κ3) is 1.96. The highest BCUT2D eigenvalue weighted by molar-refractivity contribution is 7.25. The summed E-state index contributed by atoms with van der Waals surface area (Å²) >= 11 is 2.85. The van der Waals surface area contributed by atoms with Crippen LogP contribution in [0.5, 0.6) is 0 Å². The number of rotatable bonds is 2. The van der Waals surface area contributed by atoms with Crippen LogP contribution in [0.1, 0.15) is 0 Å². The Morgan fingerprint density at radius 1 is 0.944 bits per heavy atom. The minimum absolute atomic E-state index is 0.681. The molecule has 0 amide bonds. The molecule has 0 bridgehead atoms. The predicted octanol–water partition coefficient (Wildman–Crippen LogP) is 3.10. The summed E-state index contributed by atoms with van der Waals surface area (Å²) in [7, 11) is 0. The molecule has 0 aliphatic heterocycles. The summed E-state index contributed by atoms with van der Waals surface area (Å²) in [5, 5.41) is 3.00. The lowest BCUT2D eigenvalue weighted by Crippen LogP contribution is -1.85. The van der Waals surface area contributed by atoms with Crippen LogP contribution in [0, 0.1) is 0 Å². The number of nitrogens with zero attached hydrogens (tertiary/aromatic N) is 2. The molecule has 0 unspecified atom stereocenters. The molecule has 0 fully saturated rings. The maximum atomic E-state index is 6.02. The molecule has 2 heterocycles. The van der Waals surface area contributed by atoms with E-state index in [4.69, 9.17) is 11.5 Å². The Balaban J connectivity index is 2.06. The van der Waals surface area contributed by atoms with Gasteiger partial charge in [-0.15, -0.1) is 0 Å². The van der Waals surface area contributed by atoms with Crippen molar-refractivity contribution in [2.45, 2.75) is 0 Å². The number of thiazole rings is 2. The Morgan fingerprint density at radius 2 is 1.72 bits per heavy atom. The lowest BCUT2D eigenvalue weighted by molar-refractivity contribution is 1.35. The molecule has 0 aliphatic carbocycles. The summed E-state index contributed by atoms with van der Waals surface area (Å²) in [6, 6.07) is 9.88. The van der Waals surface area contributed by atoms with Gasteiger partial charge in [0.25, 0.3) is 0 Å². The van der Waals surface area contributed by atoms with E-state index >= 15 is 0 Å². The molecular weight excluding hydrogens is 264 g/mol. The van der Waals surface area contributed by atoms with Crippen molar-refractivity contribution in [1.29, 1.82) is 0 Å². The number of aromatic nitrogens is 2. The Labute approximate surface area is 112 Å². The summed E-state index contributed by atoms with van der Waals surface area (Å²) in [5.41, 5.74) is 13.5. The predicted molar refractivity (Wildman–Crippen MR) is 77.5 cm³/mol. The van der Waals surface area contributed by atoms with Crippen LogP contribution in [-0.4, -0.2) is 9.97 Å². The van der Waals surface area contributed by atoms with Gasteiger partial charge in [0.05, 0.1) is 6.20 Å². The molecule has 0 atom stereocenters. The molecular formula is C12H10N4S2. The van der Waals surface area contributed by atoms with Crippen LogP contribution in [-0.2, 0) is 0 Å². The minimum Gasteiger partial charge on any atom is -0.389 e. The van der Waals surface area contributed by atoms with Crippen LogP contribution >= 0.6 is 22.7 Å². The SMILES string of the molecule is Nc1cnc(-c2nc(-c3ccccc3)c(N)s2)s1. The van der Waals surface area contributed by atoms with E-state index in [1.54, 1.807) is 6.20 Å². The minimum atomic E-state index is 0.681. The van der Waals surface area contributed by atoms with Gasteiger partial charge < -0.3 is 11.5 Å². The quantitative estimate of drug-likeness (QED) is 0.752. The first-order valence-corrected chi connectivity index (χ1v) is 6.91. The fraction of sp³-hybridized carbons (Fsp3) is 0. The van der Waals surface area contributed by atoms with Crippen molar-refractivity contribution < 1.29 is 0 Å². The average Bonchev–Trinajstić information content (AvgIpc) is 2.97. The smallest absolute Gasteiger partial charge is 0.154 e. The van der Waals surface area contributed by atoms with Crippen molar-refractivity contribution in [2.24, 2.45) is 0 Å². The summed E-state index contributed by atoms with van der Waals surface area (Å²) in [4.78, 5) is 8.77. The van der Waals surface area contributed by atoms with Gasteiger partial charge >= 0.3 is 0 Å². The molecule has 0 spiro atoms. The Hall–Kier alpha value is -1.92. The first kappa shape index (κ1) is 11.2. The zero-order valence-electron chi connectivity index (χ0n) is 9.33. The van der Waals surface area contributed by atoms with Gasteiger partial charge in [0, 0.05) is 5.56 Å². The Bertz CT molecular complexity index is 672. The van der Waals surface area contributed by atoms with Gasteiger partial charge in [-0.05, 0) is 0 Å². The second kappa shape index (κ2) is 4.40. The van der Waals surface area contributed by atoms with E-state index in [1.165, 1.54) is 22.7 Å². The third-order valence-corrected chi connectivity index (χ3v) is 4.26. The standard InChI is InChI=1S/C12H10N4S2/c13-8-6-15-11(17-8)12-16-9(10(14)18-12)7-4-2-1-3-5-7/h1-6H,13-14H2. The van der Waals surface area contributed by atoms with Gasteiger partial charge in [0.1, 0.15) is 15.7 Å². The van der Waals surface area contributed by atoms with Crippen molar-refractivity contribution in [2.75, 3.05) is 11.5 Å². The molecule has 18 heavy (non-hydrogen) atoms. The lowest BCUT2D eigenvalue weighted by atomic mass is 10.2. The summed E-state index contributed by atoms with van der Waals surface area (Å²) in [6.07, 6.45) is 1.64. The van der Waals surface area contributed by atoms with Crippen molar-refractivity contribution >= 4 is 32.7 Å². The van der Waals surface area contributed by atoms with Gasteiger partial charge in [0.15, 0.2) is 10.0 Å². The Kier molecular flexibility index (Phi) is 2.73. The Morgan fingerprint density at radius 3 is 2.39 bits per heavy atom. The molecule has 6 heteroatoms. The van der Waals surface area contributed by atoms with E-state index in [-0.39, 0.29) is 0 Å². The van der Waals surface area contributed by atoms with E-state index in [1.807, 2.05) is 30.3 Å². The van der Waals surface area contributed by atoms with Crippen LogP contribution < -0.4 is 11.5 Å². The largest absolute Gasteiger partial charge is 0.389 e. The zero-order valence-corrected chi connectivity index (χ0v) is 11.0. The fourth-order valence-electron chi connectivity index (χ4n) is 1.61. The molecule has 0 aliphatic rings. The van der Waals surface area contributed by atoms with Gasteiger partial charge in [-0.3, -0.25) is 0 Å². The maximum absolute atomic E-state index is 6.02. The molecule has 2 aromatic heterocycles. The van der Waals surface area contributed by atoms with Crippen LogP contribution in [0.3, 0.4) is 0 Å². The van der Waals surface area contributed by atoms with Crippen LogP contribution in [0.4, 0.5) is 10.0 Å². The topological polar surface area (TPSA) is 77.8 Å². The van der Waals surface area contributed by atoms with Gasteiger partial charge in [0.2, 0.25) is 0 Å². The van der Waals surface area contributed by atoms with Crippen molar-refractivity contribution in [3.63, 3.8) is 0 Å². The molecule has 1 aromatic carbocycles. The molecule has 4 N–H and O–H groups in total. The lowest BCUT2D eigenvalue weighted by Gasteiger charge is -1.96. The molecule has 3 aromatic rings. The van der Waals surface area contributed by atoms with Crippen molar-refractivity contribution in [1.82, 2.24) is 9.97 Å². The molecule has 0 radical (unpaired) electrons. The highest BCUT2D eigenvalue weighted by atomic mass is 32.1. The molecule has 3 rings (SSSR count). The van der Waals surface area contributed by atoms with Gasteiger partial charge in [-0.1, -0.05) is 53.0 Å². The second-order valence-corrected chi connectivity index (χ2v) is 5.76. The first-order chi connectivity index (χ1) is 8.74. The molecule has 90 valence electrons. The number of hydrogen-bond acceptors (Lipinski definition) is 6. The molecule has 4 nitrogen and oxygen atoms in total. The monoisotopic (exact) mass is 274 g/mol. The molecule has 0 saturated heterocycles. The number of nitrogens with two attached hydrogens (primary N) is 2. The number of benzene rings is 1. The van der Waals surface area contributed by atoms with Crippen LogP contribution in [0.15, 0.2) is 36.5 Å². The summed E-state index contributed by atoms with van der Waals surface area (Å²) < 4.78 is 0. The van der Waals surface area contributed by atoms with Gasteiger partial charge in [-0.25, -0.2) is 9.97 Å². The second-order valence-electron chi connectivity index (χ2n) is 3.67. The van der Waals surface area contributed by atoms with E-state index in [0.29, 0.717) is 10.0 Å². The highest BCUT2D eigenvalue weighted by Crippen LogP contribution is 2.37. The van der Waals surface area contributed by atoms with E-state index in [2.05, 4.69) is 9.97 Å². The third-order valence-electron chi connectivity index (χ3n) is 2.41. The number of hydrogen-bond donors (Lipinski definition) is 2. The first-order valence-electron chi connectivity index (χ1n) is 5.27. The molecule has 0 saturated carbocycles. The van der Waals surface area contributed by atoms with Gasteiger partial charge in [-0.2, -0.15) is 0 Å².